The molecule has 0 aromatic heterocycles. The van der Waals surface area contributed by atoms with Crippen molar-refractivity contribution in [2.75, 3.05) is 0 Å². The van der Waals surface area contributed by atoms with Crippen LogP contribution in [-0.4, -0.2) is 13.0 Å². The molecule has 3 nitrogen and oxygen atoms in total. The molecule has 2 rings (SSSR count). The van der Waals surface area contributed by atoms with E-state index >= 15 is 0 Å². The third-order valence-electron chi connectivity index (χ3n) is 6.00. The van der Waals surface area contributed by atoms with Crippen molar-refractivity contribution in [3.63, 3.8) is 0 Å². The van der Waals surface area contributed by atoms with E-state index in [-0.39, 0.29) is 4.90 Å². The summed E-state index contributed by atoms with van der Waals surface area (Å²) in [6, 6.07) is 9.67. The van der Waals surface area contributed by atoms with Gasteiger partial charge in [-0.25, -0.2) is 0 Å². The Morgan fingerprint density at radius 3 is 1.87 bits per heavy atom. The lowest BCUT2D eigenvalue weighted by molar-refractivity contribution is 0.484. The summed E-state index contributed by atoms with van der Waals surface area (Å²) < 4.78 is 34.0. The monoisotopic (exact) mass is 432 g/mol. The van der Waals surface area contributed by atoms with Crippen LogP contribution >= 0.6 is 0 Å². The lowest BCUT2D eigenvalue weighted by Gasteiger charge is -2.12. The summed E-state index contributed by atoms with van der Waals surface area (Å²) in [5.74, 6) is 0. The van der Waals surface area contributed by atoms with Gasteiger partial charge in [0, 0.05) is 5.39 Å². The van der Waals surface area contributed by atoms with Gasteiger partial charge in [-0.1, -0.05) is 102 Å². The van der Waals surface area contributed by atoms with Gasteiger partial charge in [-0.3, -0.25) is 4.55 Å². The highest BCUT2D eigenvalue weighted by molar-refractivity contribution is 7.86. The summed E-state index contributed by atoms with van der Waals surface area (Å²) in [7, 11) is -4.25. The molecule has 168 valence electrons. The van der Waals surface area contributed by atoms with E-state index in [4.69, 9.17) is 0 Å². The topological polar surface area (TPSA) is 54.4 Å². The molecule has 0 bridgehead atoms. The fourth-order valence-corrected chi connectivity index (χ4v) is 5.01. The van der Waals surface area contributed by atoms with Crippen molar-refractivity contribution >= 4 is 20.9 Å². The largest absolute Gasteiger partial charge is 0.295 e. The number of benzene rings is 2. The van der Waals surface area contributed by atoms with Crippen LogP contribution in [-0.2, 0) is 23.0 Å². The predicted octanol–water partition coefficient (Wildman–Crippen LogP) is 7.89. The minimum Gasteiger partial charge on any atom is -0.282 e. The molecule has 0 fully saturated rings. The Kier molecular flexibility index (Phi) is 10.9. The molecule has 0 aliphatic carbocycles. The molecule has 0 atom stereocenters. The molecule has 0 aliphatic heterocycles. The zero-order valence-electron chi connectivity index (χ0n) is 19.0. The standard InChI is InChI=1S/C26H40O3S/c1-3-5-7-9-11-13-16-22-20-25-23(17-14-12-10-8-6-4-2)18-15-19-24(25)26(21-22)30(27,28)29/h15,18-21H,3-14,16-17H2,1-2H3,(H,27,28,29). The van der Waals surface area contributed by atoms with Crippen LogP contribution in [0.1, 0.15) is 102 Å². The van der Waals surface area contributed by atoms with Gasteiger partial charge in [-0.15, -0.1) is 0 Å². The molecule has 0 unspecified atom stereocenters. The molecule has 1 N–H and O–H groups in total. The second-order valence-electron chi connectivity index (χ2n) is 8.62. The number of unbranched alkanes of at least 4 members (excludes halogenated alkanes) is 10. The van der Waals surface area contributed by atoms with Gasteiger partial charge in [-0.2, -0.15) is 8.42 Å². The van der Waals surface area contributed by atoms with Crippen LogP contribution in [0, 0.1) is 0 Å². The fraction of sp³-hybridized carbons (Fsp3) is 0.615. The second kappa shape index (κ2) is 13.1. The van der Waals surface area contributed by atoms with Crippen molar-refractivity contribution in [3.8, 4) is 0 Å². The van der Waals surface area contributed by atoms with E-state index in [1.165, 1.54) is 69.8 Å². The van der Waals surface area contributed by atoms with Gasteiger partial charge < -0.3 is 0 Å². The number of hydrogen-bond acceptors (Lipinski definition) is 2. The van der Waals surface area contributed by atoms with Crippen LogP contribution in [0.25, 0.3) is 10.8 Å². The van der Waals surface area contributed by atoms with Gasteiger partial charge in [0.2, 0.25) is 0 Å². The van der Waals surface area contributed by atoms with E-state index in [0.717, 1.165) is 36.6 Å². The van der Waals surface area contributed by atoms with Crippen molar-refractivity contribution in [1.29, 1.82) is 0 Å². The summed E-state index contributed by atoms with van der Waals surface area (Å²) >= 11 is 0. The first-order valence-corrected chi connectivity index (χ1v) is 13.4. The minimum absolute atomic E-state index is 0.0609. The molecule has 0 saturated carbocycles. The third kappa shape index (κ3) is 8.03. The van der Waals surface area contributed by atoms with Gasteiger partial charge in [0.1, 0.15) is 4.90 Å². The van der Waals surface area contributed by atoms with E-state index in [1.807, 2.05) is 12.1 Å². The highest BCUT2D eigenvalue weighted by atomic mass is 32.2. The maximum atomic E-state index is 12.1. The first-order valence-electron chi connectivity index (χ1n) is 12.0. The summed E-state index contributed by atoms with van der Waals surface area (Å²) in [6.07, 6.45) is 16.5. The van der Waals surface area contributed by atoms with Crippen LogP contribution in [0.4, 0.5) is 0 Å². The van der Waals surface area contributed by atoms with Crippen LogP contribution < -0.4 is 0 Å². The molecule has 0 radical (unpaired) electrons. The minimum atomic E-state index is -4.25. The van der Waals surface area contributed by atoms with Gasteiger partial charge in [-0.05, 0) is 48.3 Å². The zero-order valence-corrected chi connectivity index (χ0v) is 19.8. The molecular weight excluding hydrogens is 392 g/mol. The third-order valence-corrected chi connectivity index (χ3v) is 6.90. The smallest absolute Gasteiger partial charge is 0.282 e. The summed E-state index contributed by atoms with van der Waals surface area (Å²) in [6.45, 7) is 4.44. The van der Waals surface area contributed by atoms with Crippen molar-refractivity contribution in [3.05, 3.63) is 41.5 Å². The fourth-order valence-electron chi connectivity index (χ4n) is 4.25. The van der Waals surface area contributed by atoms with Crippen LogP contribution in [0.3, 0.4) is 0 Å². The molecule has 0 aliphatic rings. The van der Waals surface area contributed by atoms with Crippen molar-refractivity contribution in [2.24, 2.45) is 0 Å². The van der Waals surface area contributed by atoms with Crippen molar-refractivity contribution in [2.45, 2.75) is 109 Å². The Balaban J connectivity index is 2.16. The maximum absolute atomic E-state index is 12.1. The van der Waals surface area contributed by atoms with Crippen molar-refractivity contribution in [1.82, 2.24) is 0 Å². The SMILES string of the molecule is CCCCCCCCc1cc(S(=O)(=O)O)c2cccc(CCCCCCCC)c2c1. The highest BCUT2D eigenvalue weighted by Crippen LogP contribution is 2.29. The second-order valence-corrected chi connectivity index (χ2v) is 10.0. The van der Waals surface area contributed by atoms with E-state index < -0.39 is 10.1 Å². The molecule has 30 heavy (non-hydrogen) atoms. The highest BCUT2D eigenvalue weighted by Gasteiger charge is 2.17. The Bertz CT molecular complexity index is 871. The Morgan fingerprint density at radius 1 is 0.700 bits per heavy atom. The molecule has 4 heteroatoms. The van der Waals surface area contributed by atoms with Gasteiger partial charge in [0.05, 0.1) is 0 Å². The number of hydrogen-bond donors (Lipinski definition) is 1. The maximum Gasteiger partial charge on any atom is 0.295 e. The van der Waals surface area contributed by atoms with E-state index in [9.17, 15) is 13.0 Å². The Morgan fingerprint density at radius 2 is 1.27 bits per heavy atom. The van der Waals surface area contributed by atoms with Gasteiger partial charge >= 0.3 is 0 Å². The first-order chi connectivity index (χ1) is 14.5. The van der Waals surface area contributed by atoms with E-state index in [1.54, 1.807) is 6.07 Å². The van der Waals surface area contributed by atoms with Gasteiger partial charge in [0.25, 0.3) is 10.1 Å². The molecule has 0 heterocycles. The van der Waals surface area contributed by atoms with Crippen LogP contribution in [0.2, 0.25) is 0 Å². The molecule has 0 saturated heterocycles. The molecular formula is C26H40O3S. The molecule has 2 aromatic rings. The van der Waals surface area contributed by atoms with Crippen LogP contribution in [0.15, 0.2) is 35.2 Å². The summed E-state index contributed by atoms with van der Waals surface area (Å²) in [5, 5.41) is 1.63. The van der Waals surface area contributed by atoms with Crippen molar-refractivity contribution < 1.29 is 13.0 Å². The quantitative estimate of drug-likeness (QED) is 0.230. The molecule has 2 aromatic carbocycles. The average Bonchev–Trinajstić information content (AvgIpc) is 2.72. The van der Waals surface area contributed by atoms with E-state index in [2.05, 4.69) is 26.0 Å². The lowest BCUT2D eigenvalue weighted by atomic mass is 9.96. The number of aryl methyl sites for hydroxylation is 2. The predicted molar refractivity (Wildman–Crippen MR) is 128 cm³/mol. The first kappa shape index (κ1) is 24.9. The summed E-state index contributed by atoms with van der Waals surface area (Å²) in [4.78, 5) is 0.0609. The number of rotatable bonds is 15. The lowest BCUT2D eigenvalue weighted by Crippen LogP contribution is -2.02. The van der Waals surface area contributed by atoms with Crippen LogP contribution in [0.5, 0.6) is 0 Å². The Labute approximate surface area is 184 Å². The van der Waals surface area contributed by atoms with E-state index in [0.29, 0.717) is 5.39 Å². The molecule has 0 amide bonds. The Hall–Kier alpha value is -1.39. The number of fused-ring (bicyclic) bond motifs is 1. The van der Waals surface area contributed by atoms with Gasteiger partial charge in [0.15, 0.2) is 0 Å². The molecule has 0 spiro atoms. The zero-order chi connectivity index (χ0) is 21.8. The average molecular weight is 433 g/mol. The summed E-state index contributed by atoms with van der Waals surface area (Å²) in [5.41, 5.74) is 2.21. The normalized spacial score (nSPS) is 12.0.